The van der Waals surface area contributed by atoms with Gasteiger partial charge in [0, 0.05) is 17.4 Å². The van der Waals surface area contributed by atoms with Crippen LogP contribution in [0.2, 0.25) is 0 Å². The summed E-state index contributed by atoms with van der Waals surface area (Å²) >= 11 is 1.46. The van der Waals surface area contributed by atoms with E-state index in [4.69, 9.17) is 14.2 Å². The van der Waals surface area contributed by atoms with Crippen molar-refractivity contribution in [1.82, 2.24) is 4.98 Å². The number of carbonyl (C=O) groups is 1. The average Bonchev–Trinajstić information content (AvgIpc) is 3.18. The standard InChI is InChI=1S/C20H19NO4S/c1-23-17-10-13(11-18(24-2)19(17)25-3)9-16(22)15-12-26-20(21-15)14-7-5-4-6-8-14/h4-8,10-12H,9H2,1-3H3. The van der Waals surface area contributed by atoms with Crippen molar-refractivity contribution >= 4 is 17.1 Å². The van der Waals surface area contributed by atoms with Gasteiger partial charge in [-0.3, -0.25) is 4.79 Å². The Morgan fingerprint density at radius 1 is 1.00 bits per heavy atom. The van der Waals surface area contributed by atoms with Crippen LogP contribution in [0.3, 0.4) is 0 Å². The molecular formula is C20H19NO4S. The molecule has 26 heavy (non-hydrogen) atoms. The molecule has 0 aliphatic rings. The van der Waals surface area contributed by atoms with Crippen molar-refractivity contribution in [3.05, 3.63) is 59.1 Å². The van der Waals surface area contributed by atoms with Crippen molar-refractivity contribution in [2.24, 2.45) is 0 Å². The van der Waals surface area contributed by atoms with Crippen LogP contribution in [0, 0.1) is 0 Å². The summed E-state index contributed by atoms with van der Waals surface area (Å²) < 4.78 is 16.0. The van der Waals surface area contributed by atoms with Gasteiger partial charge in [0.2, 0.25) is 5.75 Å². The summed E-state index contributed by atoms with van der Waals surface area (Å²) in [6.45, 7) is 0. The van der Waals surface area contributed by atoms with E-state index in [9.17, 15) is 4.79 Å². The molecule has 0 atom stereocenters. The average molecular weight is 369 g/mol. The number of thiazole rings is 1. The number of ether oxygens (including phenoxy) is 3. The Morgan fingerprint density at radius 3 is 2.23 bits per heavy atom. The molecule has 3 aromatic rings. The van der Waals surface area contributed by atoms with Gasteiger partial charge in [-0.15, -0.1) is 11.3 Å². The van der Waals surface area contributed by atoms with Crippen LogP contribution in [0.15, 0.2) is 47.8 Å². The molecule has 0 saturated carbocycles. The summed E-state index contributed by atoms with van der Waals surface area (Å²) in [6, 6.07) is 13.4. The quantitative estimate of drug-likeness (QED) is 0.583. The number of Topliss-reactive ketones (excluding diaryl/α,β-unsaturated/α-hetero) is 1. The van der Waals surface area contributed by atoms with E-state index in [1.807, 2.05) is 30.3 Å². The van der Waals surface area contributed by atoms with Crippen LogP contribution in [-0.4, -0.2) is 32.1 Å². The van der Waals surface area contributed by atoms with Crippen LogP contribution in [0.5, 0.6) is 17.2 Å². The lowest BCUT2D eigenvalue weighted by atomic mass is 10.1. The van der Waals surface area contributed by atoms with E-state index in [1.54, 1.807) is 38.8 Å². The van der Waals surface area contributed by atoms with Gasteiger partial charge in [-0.1, -0.05) is 30.3 Å². The van der Waals surface area contributed by atoms with Gasteiger partial charge in [-0.25, -0.2) is 4.98 Å². The van der Waals surface area contributed by atoms with Gasteiger partial charge in [0.25, 0.3) is 0 Å². The molecule has 1 aromatic heterocycles. The molecule has 0 unspecified atom stereocenters. The molecular weight excluding hydrogens is 350 g/mol. The van der Waals surface area contributed by atoms with E-state index in [-0.39, 0.29) is 12.2 Å². The monoisotopic (exact) mass is 369 g/mol. The lowest BCUT2D eigenvalue weighted by Crippen LogP contribution is -2.05. The predicted octanol–water partition coefficient (Wildman–Crippen LogP) is 4.26. The Morgan fingerprint density at radius 2 is 1.65 bits per heavy atom. The van der Waals surface area contributed by atoms with E-state index in [2.05, 4.69) is 4.98 Å². The molecule has 5 nitrogen and oxygen atoms in total. The fourth-order valence-corrected chi connectivity index (χ4v) is 3.46. The van der Waals surface area contributed by atoms with Crippen LogP contribution < -0.4 is 14.2 Å². The maximum atomic E-state index is 12.6. The molecule has 0 radical (unpaired) electrons. The highest BCUT2D eigenvalue weighted by molar-refractivity contribution is 7.13. The number of hydrogen-bond donors (Lipinski definition) is 0. The van der Waals surface area contributed by atoms with Crippen molar-refractivity contribution in [2.75, 3.05) is 21.3 Å². The molecule has 0 aliphatic heterocycles. The first kappa shape index (κ1) is 17.9. The topological polar surface area (TPSA) is 57.7 Å². The van der Waals surface area contributed by atoms with Crippen molar-refractivity contribution in [2.45, 2.75) is 6.42 Å². The zero-order chi connectivity index (χ0) is 18.5. The second kappa shape index (κ2) is 8.01. The molecule has 3 rings (SSSR count). The number of rotatable bonds is 7. The van der Waals surface area contributed by atoms with Gasteiger partial charge in [0.05, 0.1) is 21.3 Å². The Hall–Kier alpha value is -2.86. The number of methoxy groups -OCH3 is 3. The third-order valence-corrected chi connectivity index (χ3v) is 4.79. The smallest absolute Gasteiger partial charge is 0.203 e. The largest absolute Gasteiger partial charge is 0.493 e. The molecule has 6 heteroatoms. The predicted molar refractivity (Wildman–Crippen MR) is 102 cm³/mol. The van der Waals surface area contributed by atoms with E-state index in [1.165, 1.54) is 11.3 Å². The first-order valence-electron chi connectivity index (χ1n) is 7.99. The van der Waals surface area contributed by atoms with Crippen LogP contribution in [-0.2, 0) is 6.42 Å². The first-order chi connectivity index (χ1) is 12.7. The summed E-state index contributed by atoms with van der Waals surface area (Å²) in [7, 11) is 4.65. The number of hydrogen-bond acceptors (Lipinski definition) is 6. The molecule has 0 spiro atoms. The summed E-state index contributed by atoms with van der Waals surface area (Å²) in [5.41, 5.74) is 2.24. The maximum absolute atomic E-state index is 12.6. The van der Waals surface area contributed by atoms with Crippen LogP contribution in [0.1, 0.15) is 16.1 Å². The molecule has 0 bridgehead atoms. The second-order valence-corrected chi connectivity index (χ2v) is 6.40. The minimum Gasteiger partial charge on any atom is -0.493 e. The number of ketones is 1. The molecule has 0 amide bonds. The number of carbonyl (C=O) groups excluding carboxylic acids is 1. The first-order valence-corrected chi connectivity index (χ1v) is 8.87. The zero-order valence-electron chi connectivity index (χ0n) is 14.8. The normalized spacial score (nSPS) is 10.4. The van der Waals surface area contributed by atoms with Gasteiger partial charge in [-0.05, 0) is 17.7 Å². The Balaban J connectivity index is 1.83. The fourth-order valence-electron chi connectivity index (χ4n) is 2.63. The SMILES string of the molecule is COc1cc(CC(=O)c2csc(-c3ccccc3)n2)cc(OC)c1OC. The van der Waals surface area contributed by atoms with Crippen LogP contribution >= 0.6 is 11.3 Å². The maximum Gasteiger partial charge on any atom is 0.203 e. The van der Waals surface area contributed by atoms with E-state index in [0.717, 1.165) is 16.1 Å². The zero-order valence-corrected chi connectivity index (χ0v) is 15.6. The fraction of sp³-hybridized carbons (Fsp3) is 0.200. The van der Waals surface area contributed by atoms with Gasteiger partial charge < -0.3 is 14.2 Å². The van der Waals surface area contributed by atoms with Gasteiger partial charge >= 0.3 is 0 Å². The van der Waals surface area contributed by atoms with Crippen molar-refractivity contribution in [3.63, 3.8) is 0 Å². The minimum absolute atomic E-state index is 0.0577. The summed E-state index contributed by atoms with van der Waals surface area (Å²) in [6.07, 6.45) is 0.203. The van der Waals surface area contributed by atoms with Gasteiger partial charge in [0.15, 0.2) is 17.3 Å². The third kappa shape index (κ3) is 3.70. The van der Waals surface area contributed by atoms with Gasteiger partial charge in [0.1, 0.15) is 10.7 Å². The molecule has 0 N–H and O–H groups in total. The molecule has 0 saturated heterocycles. The Kier molecular flexibility index (Phi) is 5.53. The molecule has 1 heterocycles. The number of nitrogens with zero attached hydrogens (tertiary/aromatic N) is 1. The Labute approximate surface area is 156 Å². The van der Waals surface area contributed by atoms with E-state index < -0.39 is 0 Å². The highest BCUT2D eigenvalue weighted by Gasteiger charge is 2.17. The highest BCUT2D eigenvalue weighted by atomic mass is 32.1. The number of benzene rings is 2. The highest BCUT2D eigenvalue weighted by Crippen LogP contribution is 2.38. The summed E-state index contributed by atoms with van der Waals surface area (Å²) in [5.74, 6) is 1.50. The summed E-state index contributed by atoms with van der Waals surface area (Å²) in [5, 5.41) is 2.63. The Bertz CT molecular complexity index is 880. The second-order valence-electron chi connectivity index (χ2n) is 5.54. The van der Waals surface area contributed by atoms with Crippen molar-refractivity contribution in [1.29, 1.82) is 0 Å². The van der Waals surface area contributed by atoms with Crippen LogP contribution in [0.25, 0.3) is 10.6 Å². The lowest BCUT2D eigenvalue weighted by molar-refractivity contribution is 0.0989. The minimum atomic E-state index is -0.0577. The number of aromatic nitrogens is 1. The molecule has 0 fully saturated rings. The molecule has 134 valence electrons. The van der Waals surface area contributed by atoms with Crippen molar-refractivity contribution in [3.8, 4) is 27.8 Å². The van der Waals surface area contributed by atoms with E-state index >= 15 is 0 Å². The lowest BCUT2D eigenvalue weighted by Gasteiger charge is -2.13. The van der Waals surface area contributed by atoms with E-state index in [0.29, 0.717) is 22.9 Å². The van der Waals surface area contributed by atoms with Crippen LogP contribution in [0.4, 0.5) is 0 Å². The van der Waals surface area contributed by atoms with Gasteiger partial charge in [-0.2, -0.15) is 0 Å². The summed E-state index contributed by atoms with van der Waals surface area (Å²) in [4.78, 5) is 17.1. The molecule has 2 aromatic carbocycles. The molecule has 0 aliphatic carbocycles. The third-order valence-electron chi connectivity index (χ3n) is 3.90. The van der Waals surface area contributed by atoms with Crippen molar-refractivity contribution < 1.29 is 19.0 Å².